The Bertz CT molecular complexity index is 357. The molecule has 4 nitrogen and oxygen atoms in total. The fourth-order valence-corrected chi connectivity index (χ4v) is 2.19. The van der Waals surface area contributed by atoms with Crippen LogP contribution in [0.15, 0.2) is 0 Å². The standard InChI is InChI=1S/C13H19NO3/c1-3-4-11(15)14-9-13(12(16)17)7-5-10(2)6-8-13/h10H,5-9H2,1-2H3,(H,14,15)(H,16,17). The van der Waals surface area contributed by atoms with Gasteiger partial charge in [0.15, 0.2) is 0 Å². The molecule has 2 N–H and O–H groups in total. The summed E-state index contributed by atoms with van der Waals surface area (Å²) >= 11 is 0. The molecule has 0 unspecified atom stereocenters. The zero-order chi connectivity index (χ0) is 12.9. The second-order valence-corrected chi connectivity index (χ2v) is 4.83. The van der Waals surface area contributed by atoms with E-state index in [4.69, 9.17) is 0 Å². The summed E-state index contributed by atoms with van der Waals surface area (Å²) in [5, 5.41) is 11.9. The van der Waals surface area contributed by atoms with Gasteiger partial charge in [0.25, 0.3) is 5.91 Å². The van der Waals surface area contributed by atoms with Crippen molar-refractivity contribution >= 4 is 11.9 Å². The van der Waals surface area contributed by atoms with E-state index in [1.54, 1.807) is 6.92 Å². The molecular weight excluding hydrogens is 218 g/mol. The van der Waals surface area contributed by atoms with Gasteiger partial charge < -0.3 is 10.4 Å². The molecule has 0 bridgehead atoms. The lowest BCUT2D eigenvalue weighted by atomic mass is 9.71. The van der Waals surface area contributed by atoms with Crippen LogP contribution in [-0.4, -0.2) is 23.5 Å². The zero-order valence-corrected chi connectivity index (χ0v) is 10.4. The number of carboxylic acid groups (broad SMARTS) is 1. The fraction of sp³-hybridized carbons (Fsp3) is 0.692. The third-order valence-corrected chi connectivity index (χ3v) is 3.51. The van der Waals surface area contributed by atoms with Crippen LogP contribution in [0.25, 0.3) is 0 Å². The average molecular weight is 237 g/mol. The summed E-state index contributed by atoms with van der Waals surface area (Å²) < 4.78 is 0. The summed E-state index contributed by atoms with van der Waals surface area (Å²) in [6.45, 7) is 3.89. The van der Waals surface area contributed by atoms with Gasteiger partial charge in [-0.3, -0.25) is 9.59 Å². The van der Waals surface area contributed by atoms with Crippen molar-refractivity contribution < 1.29 is 14.7 Å². The first-order chi connectivity index (χ1) is 8.00. The van der Waals surface area contributed by atoms with Crippen LogP contribution < -0.4 is 5.32 Å². The van der Waals surface area contributed by atoms with Crippen LogP contribution in [0.2, 0.25) is 0 Å². The van der Waals surface area contributed by atoms with E-state index in [1.165, 1.54) is 0 Å². The second-order valence-electron chi connectivity index (χ2n) is 4.83. The van der Waals surface area contributed by atoms with E-state index in [0.717, 1.165) is 12.8 Å². The van der Waals surface area contributed by atoms with E-state index in [2.05, 4.69) is 24.1 Å². The van der Waals surface area contributed by atoms with Crippen molar-refractivity contribution in [1.29, 1.82) is 0 Å². The predicted octanol–water partition coefficient (Wildman–Crippen LogP) is 1.41. The van der Waals surface area contributed by atoms with E-state index in [0.29, 0.717) is 18.8 Å². The topological polar surface area (TPSA) is 66.4 Å². The molecule has 1 rings (SSSR count). The summed E-state index contributed by atoms with van der Waals surface area (Å²) in [5.41, 5.74) is -0.794. The van der Waals surface area contributed by atoms with Crippen LogP contribution in [0.5, 0.6) is 0 Å². The van der Waals surface area contributed by atoms with Crippen molar-refractivity contribution in [1.82, 2.24) is 5.32 Å². The molecule has 0 saturated heterocycles. The van der Waals surface area contributed by atoms with Crippen molar-refractivity contribution in [3.8, 4) is 11.8 Å². The number of hydrogen-bond donors (Lipinski definition) is 2. The van der Waals surface area contributed by atoms with Gasteiger partial charge in [-0.1, -0.05) is 12.8 Å². The highest BCUT2D eigenvalue weighted by Gasteiger charge is 2.41. The number of amides is 1. The Balaban J connectivity index is 2.63. The van der Waals surface area contributed by atoms with Crippen molar-refractivity contribution in [2.45, 2.75) is 39.5 Å². The monoisotopic (exact) mass is 237 g/mol. The molecule has 17 heavy (non-hydrogen) atoms. The van der Waals surface area contributed by atoms with Gasteiger partial charge in [0.1, 0.15) is 0 Å². The molecule has 0 aromatic heterocycles. The zero-order valence-electron chi connectivity index (χ0n) is 10.4. The second kappa shape index (κ2) is 5.72. The van der Waals surface area contributed by atoms with Crippen LogP contribution >= 0.6 is 0 Å². The summed E-state index contributed by atoms with van der Waals surface area (Å²) in [5.74, 6) is 4.22. The minimum atomic E-state index is -0.811. The quantitative estimate of drug-likeness (QED) is 0.729. The Morgan fingerprint density at radius 2 is 2.00 bits per heavy atom. The molecule has 0 aromatic rings. The highest BCUT2D eigenvalue weighted by Crippen LogP contribution is 2.38. The number of carbonyl (C=O) groups is 2. The normalized spacial score (nSPS) is 27.8. The number of carboxylic acids is 1. The maximum absolute atomic E-state index is 11.4. The van der Waals surface area contributed by atoms with Gasteiger partial charge in [-0.2, -0.15) is 0 Å². The minimum absolute atomic E-state index is 0.183. The third-order valence-electron chi connectivity index (χ3n) is 3.51. The van der Waals surface area contributed by atoms with E-state index < -0.39 is 17.3 Å². The molecular formula is C13H19NO3. The Morgan fingerprint density at radius 1 is 1.41 bits per heavy atom. The molecule has 0 radical (unpaired) electrons. The maximum atomic E-state index is 11.4. The van der Waals surface area contributed by atoms with Crippen molar-refractivity contribution in [2.75, 3.05) is 6.54 Å². The Hall–Kier alpha value is -1.50. The lowest BCUT2D eigenvalue weighted by molar-refractivity contribution is -0.151. The van der Waals surface area contributed by atoms with Crippen LogP contribution in [0.4, 0.5) is 0 Å². The molecule has 4 heteroatoms. The molecule has 1 aliphatic carbocycles. The van der Waals surface area contributed by atoms with Crippen molar-refractivity contribution in [2.24, 2.45) is 11.3 Å². The van der Waals surface area contributed by atoms with Crippen LogP contribution in [0.3, 0.4) is 0 Å². The predicted molar refractivity (Wildman–Crippen MR) is 64.2 cm³/mol. The highest BCUT2D eigenvalue weighted by molar-refractivity contribution is 5.93. The van der Waals surface area contributed by atoms with Gasteiger partial charge in [-0.15, -0.1) is 0 Å². The Labute approximate surface area is 102 Å². The Morgan fingerprint density at radius 3 is 2.47 bits per heavy atom. The van der Waals surface area contributed by atoms with Crippen molar-refractivity contribution in [3.63, 3.8) is 0 Å². The number of aliphatic carboxylic acids is 1. The van der Waals surface area contributed by atoms with Gasteiger partial charge in [0, 0.05) is 6.54 Å². The van der Waals surface area contributed by atoms with Crippen molar-refractivity contribution in [3.05, 3.63) is 0 Å². The third kappa shape index (κ3) is 3.48. The van der Waals surface area contributed by atoms with Gasteiger partial charge >= 0.3 is 5.97 Å². The van der Waals surface area contributed by atoms with E-state index >= 15 is 0 Å². The first-order valence-electron chi connectivity index (χ1n) is 5.94. The summed E-state index contributed by atoms with van der Waals surface area (Å²) in [6, 6.07) is 0. The molecule has 0 spiro atoms. The number of nitrogens with one attached hydrogen (secondary N) is 1. The minimum Gasteiger partial charge on any atom is -0.481 e. The largest absolute Gasteiger partial charge is 0.481 e. The maximum Gasteiger partial charge on any atom is 0.311 e. The summed E-state index contributed by atoms with van der Waals surface area (Å²) in [4.78, 5) is 22.6. The summed E-state index contributed by atoms with van der Waals surface area (Å²) in [6.07, 6.45) is 3.07. The van der Waals surface area contributed by atoms with Gasteiger partial charge in [-0.05, 0) is 44.4 Å². The molecule has 0 aromatic carbocycles. The number of rotatable bonds is 3. The van der Waals surface area contributed by atoms with Gasteiger partial charge in [0.2, 0.25) is 0 Å². The smallest absolute Gasteiger partial charge is 0.311 e. The molecule has 1 saturated carbocycles. The first-order valence-corrected chi connectivity index (χ1v) is 5.94. The van der Waals surface area contributed by atoms with Crippen LogP contribution in [0, 0.1) is 23.2 Å². The lowest BCUT2D eigenvalue weighted by Gasteiger charge is -2.35. The fourth-order valence-electron chi connectivity index (χ4n) is 2.19. The molecule has 0 heterocycles. The molecule has 0 atom stereocenters. The molecule has 94 valence electrons. The van der Waals surface area contributed by atoms with Crippen LogP contribution in [0.1, 0.15) is 39.5 Å². The van der Waals surface area contributed by atoms with E-state index in [9.17, 15) is 14.7 Å². The lowest BCUT2D eigenvalue weighted by Crippen LogP contribution is -2.45. The van der Waals surface area contributed by atoms with E-state index in [-0.39, 0.29) is 6.54 Å². The number of carbonyl (C=O) groups excluding carboxylic acids is 1. The molecule has 1 aliphatic rings. The summed E-state index contributed by atoms with van der Waals surface area (Å²) in [7, 11) is 0. The van der Waals surface area contributed by atoms with Crippen LogP contribution in [-0.2, 0) is 9.59 Å². The van der Waals surface area contributed by atoms with E-state index in [1.807, 2.05) is 0 Å². The van der Waals surface area contributed by atoms with Gasteiger partial charge in [-0.25, -0.2) is 0 Å². The molecule has 1 amide bonds. The number of hydrogen-bond acceptors (Lipinski definition) is 2. The highest BCUT2D eigenvalue weighted by atomic mass is 16.4. The average Bonchev–Trinajstić information content (AvgIpc) is 2.29. The molecule has 0 aliphatic heterocycles. The van der Waals surface area contributed by atoms with Gasteiger partial charge in [0.05, 0.1) is 5.41 Å². The molecule has 1 fully saturated rings. The SMILES string of the molecule is CC#CC(=O)NCC1(C(=O)O)CCC(C)CC1. The Kier molecular flexibility index (Phi) is 4.56. The first kappa shape index (κ1) is 13.6.